The minimum Gasteiger partial charge on any atom is -0.497 e. The fourth-order valence-electron chi connectivity index (χ4n) is 1.80. The van der Waals surface area contributed by atoms with E-state index in [9.17, 15) is 9.18 Å². The lowest BCUT2D eigenvalue weighted by Gasteiger charge is -2.20. The molecule has 0 unspecified atom stereocenters. The van der Waals surface area contributed by atoms with E-state index in [4.69, 9.17) is 4.74 Å². The normalized spacial score (nSPS) is 10.6. The van der Waals surface area contributed by atoms with Gasteiger partial charge in [-0.05, 0) is 19.0 Å². The number of methoxy groups -OCH3 is 2. The highest BCUT2D eigenvalue weighted by atomic mass is 19.1. The maximum absolute atomic E-state index is 13.8. The van der Waals surface area contributed by atoms with Gasteiger partial charge in [0.15, 0.2) is 0 Å². The van der Waals surface area contributed by atoms with Gasteiger partial charge in [0.1, 0.15) is 11.6 Å². The van der Waals surface area contributed by atoms with Crippen molar-refractivity contribution in [2.24, 2.45) is 0 Å². The van der Waals surface area contributed by atoms with Crippen LogP contribution in [0.3, 0.4) is 0 Å². The monoisotopic (exact) mass is 269 g/mol. The standard InChI is InChI=1S/C14H20FNO3/c1-4-7-16(10-14(17)19-3)9-11-5-6-12(18-2)8-13(11)15/h5-6,8H,4,7,9-10H2,1-3H3. The van der Waals surface area contributed by atoms with Gasteiger partial charge >= 0.3 is 5.97 Å². The summed E-state index contributed by atoms with van der Waals surface area (Å²) in [5.74, 6) is -0.163. The molecule has 1 aromatic carbocycles. The number of esters is 1. The number of benzene rings is 1. The minimum absolute atomic E-state index is 0.163. The van der Waals surface area contributed by atoms with Gasteiger partial charge in [-0.25, -0.2) is 4.39 Å². The van der Waals surface area contributed by atoms with Crippen molar-refractivity contribution in [2.75, 3.05) is 27.3 Å². The van der Waals surface area contributed by atoms with Crippen LogP contribution in [-0.4, -0.2) is 38.2 Å². The first-order valence-electron chi connectivity index (χ1n) is 6.22. The number of ether oxygens (including phenoxy) is 2. The Morgan fingerprint density at radius 3 is 2.63 bits per heavy atom. The number of hydrogen-bond acceptors (Lipinski definition) is 4. The molecule has 0 radical (unpaired) electrons. The van der Waals surface area contributed by atoms with Gasteiger partial charge in [0.25, 0.3) is 0 Å². The number of carbonyl (C=O) groups excluding carboxylic acids is 1. The summed E-state index contributed by atoms with van der Waals surface area (Å²) in [4.78, 5) is 13.2. The Morgan fingerprint density at radius 2 is 2.11 bits per heavy atom. The van der Waals surface area contributed by atoms with Gasteiger partial charge < -0.3 is 9.47 Å². The molecule has 0 amide bonds. The highest BCUT2D eigenvalue weighted by Gasteiger charge is 2.13. The van der Waals surface area contributed by atoms with E-state index < -0.39 is 0 Å². The summed E-state index contributed by atoms with van der Waals surface area (Å²) in [6.07, 6.45) is 0.884. The lowest BCUT2D eigenvalue weighted by Crippen LogP contribution is -2.31. The molecule has 0 saturated carbocycles. The van der Waals surface area contributed by atoms with Crippen LogP contribution in [0.5, 0.6) is 5.75 Å². The van der Waals surface area contributed by atoms with E-state index in [0.717, 1.165) is 6.42 Å². The van der Waals surface area contributed by atoms with Gasteiger partial charge in [0.05, 0.1) is 20.8 Å². The average molecular weight is 269 g/mol. The summed E-state index contributed by atoms with van der Waals surface area (Å²) in [6.45, 7) is 3.25. The first-order valence-corrected chi connectivity index (χ1v) is 6.22. The zero-order valence-electron chi connectivity index (χ0n) is 11.6. The van der Waals surface area contributed by atoms with Crippen LogP contribution >= 0.6 is 0 Å². The third-order valence-corrected chi connectivity index (χ3v) is 2.77. The second-order valence-electron chi connectivity index (χ2n) is 4.24. The lowest BCUT2D eigenvalue weighted by molar-refractivity contribution is -0.142. The van der Waals surface area contributed by atoms with Crippen molar-refractivity contribution in [2.45, 2.75) is 19.9 Å². The molecule has 0 saturated heterocycles. The number of rotatable bonds is 7. The second kappa shape index (κ2) is 7.74. The Hall–Kier alpha value is -1.62. The van der Waals surface area contributed by atoms with Gasteiger partial charge in [-0.1, -0.05) is 13.0 Å². The predicted octanol–water partition coefficient (Wildman–Crippen LogP) is 2.22. The number of halogens is 1. The Morgan fingerprint density at radius 1 is 1.37 bits per heavy atom. The van der Waals surface area contributed by atoms with Crippen LogP contribution in [0.1, 0.15) is 18.9 Å². The van der Waals surface area contributed by atoms with Gasteiger partial charge in [-0.2, -0.15) is 0 Å². The fourth-order valence-corrected chi connectivity index (χ4v) is 1.80. The molecule has 0 N–H and O–H groups in total. The molecule has 4 nitrogen and oxygen atoms in total. The quantitative estimate of drug-likeness (QED) is 0.711. The highest BCUT2D eigenvalue weighted by molar-refractivity contribution is 5.71. The summed E-state index contributed by atoms with van der Waals surface area (Å²) in [5, 5.41) is 0. The van der Waals surface area contributed by atoms with Crippen LogP contribution in [0.15, 0.2) is 18.2 Å². The van der Waals surface area contributed by atoms with Crippen LogP contribution in [0, 0.1) is 5.82 Å². The van der Waals surface area contributed by atoms with Crippen LogP contribution in [0.4, 0.5) is 4.39 Å². The van der Waals surface area contributed by atoms with Crippen LogP contribution in [0.25, 0.3) is 0 Å². The van der Waals surface area contributed by atoms with E-state index in [-0.39, 0.29) is 18.3 Å². The van der Waals surface area contributed by atoms with E-state index in [1.54, 1.807) is 12.1 Å². The average Bonchev–Trinajstić information content (AvgIpc) is 2.41. The van der Waals surface area contributed by atoms with Crippen LogP contribution in [-0.2, 0) is 16.1 Å². The summed E-state index contributed by atoms with van der Waals surface area (Å²) in [5.41, 5.74) is 0.540. The zero-order valence-corrected chi connectivity index (χ0v) is 11.6. The zero-order chi connectivity index (χ0) is 14.3. The number of hydrogen-bond donors (Lipinski definition) is 0. The first kappa shape index (κ1) is 15.4. The molecule has 1 rings (SSSR count). The molecule has 0 fully saturated rings. The molecular weight excluding hydrogens is 249 g/mol. The van der Waals surface area contributed by atoms with Gasteiger partial charge in [0.2, 0.25) is 0 Å². The Bertz CT molecular complexity index is 423. The Balaban J connectivity index is 2.75. The third-order valence-electron chi connectivity index (χ3n) is 2.77. The molecule has 19 heavy (non-hydrogen) atoms. The van der Waals surface area contributed by atoms with Crippen LogP contribution < -0.4 is 4.74 Å². The summed E-state index contributed by atoms with van der Waals surface area (Å²) in [6, 6.07) is 4.73. The minimum atomic E-state index is -0.328. The van der Waals surface area contributed by atoms with E-state index in [1.807, 2.05) is 11.8 Å². The van der Waals surface area contributed by atoms with Gasteiger partial charge in [0, 0.05) is 18.2 Å². The van der Waals surface area contributed by atoms with Gasteiger partial charge in [-0.15, -0.1) is 0 Å². The van der Waals surface area contributed by atoms with Crippen molar-refractivity contribution in [1.29, 1.82) is 0 Å². The molecule has 0 aliphatic carbocycles. The van der Waals surface area contributed by atoms with E-state index in [0.29, 0.717) is 24.4 Å². The van der Waals surface area contributed by atoms with Crippen molar-refractivity contribution >= 4 is 5.97 Å². The molecular formula is C14H20FNO3. The molecule has 0 bridgehead atoms. The fraction of sp³-hybridized carbons (Fsp3) is 0.500. The van der Waals surface area contributed by atoms with E-state index in [1.165, 1.54) is 20.3 Å². The topological polar surface area (TPSA) is 38.8 Å². The van der Waals surface area contributed by atoms with E-state index >= 15 is 0 Å². The summed E-state index contributed by atoms with van der Waals surface area (Å²) < 4.78 is 23.4. The van der Waals surface area contributed by atoms with Crippen molar-refractivity contribution in [3.8, 4) is 5.75 Å². The Kier molecular flexibility index (Phi) is 6.29. The molecule has 0 aromatic heterocycles. The van der Waals surface area contributed by atoms with Crippen molar-refractivity contribution < 1.29 is 18.7 Å². The SMILES string of the molecule is CCCN(CC(=O)OC)Cc1ccc(OC)cc1F. The lowest BCUT2D eigenvalue weighted by atomic mass is 10.2. The number of carbonyl (C=O) groups is 1. The summed E-state index contributed by atoms with van der Waals surface area (Å²) in [7, 11) is 2.84. The third kappa shape index (κ3) is 4.87. The maximum atomic E-state index is 13.8. The molecule has 0 atom stereocenters. The van der Waals surface area contributed by atoms with Crippen molar-refractivity contribution in [1.82, 2.24) is 4.90 Å². The molecule has 0 heterocycles. The molecule has 1 aromatic rings. The second-order valence-corrected chi connectivity index (χ2v) is 4.24. The largest absolute Gasteiger partial charge is 0.497 e. The smallest absolute Gasteiger partial charge is 0.319 e. The van der Waals surface area contributed by atoms with Crippen molar-refractivity contribution in [3.05, 3.63) is 29.6 Å². The Labute approximate surface area is 113 Å². The number of nitrogens with zero attached hydrogens (tertiary/aromatic N) is 1. The van der Waals surface area contributed by atoms with Crippen LogP contribution in [0.2, 0.25) is 0 Å². The molecule has 106 valence electrons. The molecule has 0 aliphatic heterocycles. The van der Waals surface area contributed by atoms with E-state index in [2.05, 4.69) is 4.74 Å². The first-order chi connectivity index (χ1) is 9.10. The molecule has 5 heteroatoms. The summed E-state index contributed by atoms with van der Waals surface area (Å²) >= 11 is 0. The van der Waals surface area contributed by atoms with Gasteiger partial charge in [-0.3, -0.25) is 9.69 Å². The predicted molar refractivity (Wildman–Crippen MR) is 70.5 cm³/mol. The maximum Gasteiger partial charge on any atom is 0.319 e. The molecule has 0 aliphatic rings. The molecule has 0 spiro atoms. The van der Waals surface area contributed by atoms with Crippen molar-refractivity contribution in [3.63, 3.8) is 0 Å². The highest BCUT2D eigenvalue weighted by Crippen LogP contribution is 2.17.